The topological polar surface area (TPSA) is 165 Å². The highest BCUT2D eigenvalue weighted by atomic mass is 16.5. The van der Waals surface area contributed by atoms with Crippen LogP contribution in [0, 0.1) is 0 Å². The van der Waals surface area contributed by atoms with E-state index in [0.717, 1.165) is 11.1 Å². The van der Waals surface area contributed by atoms with E-state index >= 15 is 0 Å². The summed E-state index contributed by atoms with van der Waals surface area (Å²) >= 11 is 0. The lowest BCUT2D eigenvalue weighted by molar-refractivity contribution is 0.120. The fourth-order valence-electron chi connectivity index (χ4n) is 2.70. The summed E-state index contributed by atoms with van der Waals surface area (Å²) in [5.74, 6) is 0. The average Bonchev–Trinajstić information content (AvgIpc) is 2.54. The monoisotopic (exact) mass is 344 g/mol. The number of anilines is 4. The Morgan fingerprint density at radius 2 is 1.08 bits per heavy atom. The summed E-state index contributed by atoms with van der Waals surface area (Å²) in [4.78, 5) is 0. The fourth-order valence-corrected chi connectivity index (χ4v) is 2.70. The lowest BCUT2D eigenvalue weighted by Gasteiger charge is -2.17. The maximum absolute atomic E-state index is 6.16. The van der Waals surface area contributed by atoms with E-state index in [1.807, 2.05) is 12.1 Å². The van der Waals surface area contributed by atoms with Gasteiger partial charge < -0.3 is 39.1 Å². The van der Waals surface area contributed by atoms with Crippen molar-refractivity contribution in [3.05, 3.63) is 47.5 Å². The Balaban J connectivity index is 1.74. The minimum Gasteiger partial charge on any atom is -0.399 e. The molecule has 7 heteroatoms. The Morgan fingerprint density at radius 3 is 1.44 bits per heavy atom. The zero-order chi connectivity index (χ0) is 18.4. The molecule has 0 aromatic heterocycles. The highest BCUT2D eigenvalue weighted by molar-refractivity contribution is 5.58. The number of hydrogen-bond donors (Lipinski definition) is 6. The predicted octanol–water partition coefficient (Wildman–Crippen LogP) is 1.51. The van der Waals surface area contributed by atoms with E-state index < -0.39 is 0 Å². The van der Waals surface area contributed by atoms with Gasteiger partial charge in [0.05, 0.1) is 0 Å². The molecule has 0 aliphatic heterocycles. The summed E-state index contributed by atoms with van der Waals surface area (Å²) in [7, 11) is 0. The maximum atomic E-state index is 6.16. The Hall–Kier alpha value is -2.48. The second kappa shape index (κ2) is 8.57. The van der Waals surface area contributed by atoms with Crippen molar-refractivity contribution in [2.75, 3.05) is 36.1 Å². The lowest BCUT2D eigenvalue weighted by atomic mass is 10.0. The van der Waals surface area contributed by atoms with Crippen LogP contribution in [0.3, 0.4) is 0 Å². The molecule has 2 atom stereocenters. The van der Waals surface area contributed by atoms with Gasteiger partial charge in [0.2, 0.25) is 0 Å². The van der Waals surface area contributed by atoms with Gasteiger partial charge in [0, 0.05) is 48.0 Å². The van der Waals surface area contributed by atoms with Crippen molar-refractivity contribution in [2.45, 2.75) is 24.9 Å². The molecule has 0 radical (unpaired) electrons. The molecule has 0 amide bonds. The molecule has 0 bridgehead atoms. The molecule has 2 aromatic carbocycles. The molecule has 12 N–H and O–H groups in total. The van der Waals surface area contributed by atoms with Gasteiger partial charge >= 0.3 is 0 Å². The summed E-state index contributed by atoms with van der Waals surface area (Å²) < 4.78 is 5.65. The third-order valence-corrected chi connectivity index (χ3v) is 4.17. The molecule has 0 fully saturated rings. The first kappa shape index (κ1) is 18.9. The van der Waals surface area contributed by atoms with Crippen molar-refractivity contribution < 1.29 is 4.74 Å². The van der Waals surface area contributed by atoms with Gasteiger partial charge in [-0.3, -0.25) is 0 Å². The van der Waals surface area contributed by atoms with Gasteiger partial charge in [0.25, 0.3) is 0 Å². The first-order valence-electron chi connectivity index (χ1n) is 8.27. The second-order valence-electron chi connectivity index (χ2n) is 6.18. The van der Waals surface area contributed by atoms with Gasteiger partial charge in [-0.2, -0.15) is 0 Å². The summed E-state index contributed by atoms with van der Waals surface area (Å²) in [6.07, 6.45) is 1.32. The zero-order valence-electron chi connectivity index (χ0n) is 14.3. The zero-order valence-corrected chi connectivity index (χ0v) is 14.3. The molecule has 2 unspecified atom stereocenters. The standard InChI is InChI=1S/C18H28N6O/c19-11-1-3-13(17(23)9-11)15(21)5-7-25-8-6-16(22)14-4-2-12(20)10-18(14)24/h1-4,9-10,15-16H,5-8,19-24H2. The minimum absolute atomic E-state index is 0.193. The molecule has 0 aliphatic rings. The van der Waals surface area contributed by atoms with Crippen LogP contribution in [0.1, 0.15) is 36.1 Å². The van der Waals surface area contributed by atoms with Gasteiger partial charge in [-0.05, 0) is 48.2 Å². The number of ether oxygens (including phenoxy) is 1. The Kier molecular flexibility index (Phi) is 6.46. The van der Waals surface area contributed by atoms with E-state index in [2.05, 4.69) is 0 Å². The van der Waals surface area contributed by atoms with Crippen molar-refractivity contribution in [1.82, 2.24) is 0 Å². The van der Waals surface area contributed by atoms with Crippen LogP contribution in [-0.2, 0) is 4.74 Å². The van der Waals surface area contributed by atoms with E-state index in [0.29, 0.717) is 48.8 Å². The molecule has 0 aliphatic carbocycles. The SMILES string of the molecule is Nc1ccc(C(N)CCOCCC(N)c2ccc(N)cc2N)c(N)c1. The van der Waals surface area contributed by atoms with Crippen LogP contribution in [0.5, 0.6) is 0 Å². The van der Waals surface area contributed by atoms with E-state index in [1.165, 1.54) is 0 Å². The summed E-state index contributed by atoms with van der Waals surface area (Å²) in [6, 6.07) is 10.3. The molecule has 0 spiro atoms. The number of nitrogens with two attached hydrogens (primary N) is 6. The normalized spacial score (nSPS) is 13.5. The van der Waals surface area contributed by atoms with Crippen LogP contribution < -0.4 is 34.4 Å². The van der Waals surface area contributed by atoms with E-state index in [-0.39, 0.29) is 12.1 Å². The average molecular weight is 344 g/mol. The van der Waals surface area contributed by atoms with Crippen molar-refractivity contribution in [3.8, 4) is 0 Å². The fraction of sp³-hybridized carbons (Fsp3) is 0.333. The van der Waals surface area contributed by atoms with Gasteiger partial charge in [-0.1, -0.05) is 12.1 Å². The number of benzene rings is 2. The largest absolute Gasteiger partial charge is 0.399 e. The minimum atomic E-state index is -0.193. The van der Waals surface area contributed by atoms with Crippen LogP contribution >= 0.6 is 0 Å². The quantitative estimate of drug-likeness (QED) is 0.312. The van der Waals surface area contributed by atoms with E-state index in [1.54, 1.807) is 24.3 Å². The molecule has 0 saturated heterocycles. The van der Waals surface area contributed by atoms with Crippen LogP contribution in [0.2, 0.25) is 0 Å². The molecule has 2 rings (SSSR count). The predicted molar refractivity (Wildman–Crippen MR) is 104 cm³/mol. The molecular weight excluding hydrogens is 316 g/mol. The molecule has 25 heavy (non-hydrogen) atoms. The van der Waals surface area contributed by atoms with Crippen molar-refractivity contribution in [1.29, 1.82) is 0 Å². The summed E-state index contributed by atoms with van der Waals surface area (Å²) in [5, 5.41) is 0. The Morgan fingerprint density at radius 1 is 0.680 bits per heavy atom. The molecule has 2 aromatic rings. The van der Waals surface area contributed by atoms with Crippen molar-refractivity contribution >= 4 is 22.7 Å². The van der Waals surface area contributed by atoms with Gasteiger partial charge in [0.15, 0.2) is 0 Å². The highest BCUT2D eigenvalue weighted by Crippen LogP contribution is 2.25. The first-order valence-corrected chi connectivity index (χ1v) is 8.27. The molecule has 0 heterocycles. The van der Waals surface area contributed by atoms with Crippen LogP contribution in [-0.4, -0.2) is 13.2 Å². The van der Waals surface area contributed by atoms with Crippen LogP contribution in [0.15, 0.2) is 36.4 Å². The maximum Gasteiger partial charge on any atom is 0.0484 e. The van der Waals surface area contributed by atoms with Crippen LogP contribution in [0.4, 0.5) is 22.7 Å². The van der Waals surface area contributed by atoms with E-state index in [4.69, 9.17) is 39.1 Å². The van der Waals surface area contributed by atoms with Gasteiger partial charge in [0.1, 0.15) is 0 Å². The third kappa shape index (κ3) is 5.25. The smallest absolute Gasteiger partial charge is 0.0484 e. The molecule has 136 valence electrons. The lowest BCUT2D eigenvalue weighted by Crippen LogP contribution is -2.17. The summed E-state index contributed by atoms with van der Waals surface area (Å²) in [6.45, 7) is 1.05. The number of nitrogen functional groups attached to an aromatic ring is 4. The Labute approximate surface area is 148 Å². The molecular formula is C18H28N6O. The molecule has 0 saturated carbocycles. The number of hydrogen-bond acceptors (Lipinski definition) is 7. The first-order chi connectivity index (χ1) is 11.9. The highest BCUT2D eigenvalue weighted by Gasteiger charge is 2.12. The third-order valence-electron chi connectivity index (χ3n) is 4.17. The summed E-state index contributed by atoms with van der Waals surface area (Å²) in [5.41, 5.74) is 39.8. The van der Waals surface area contributed by atoms with Crippen molar-refractivity contribution in [3.63, 3.8) is 0 Å². The second-order valence-corrected chi connectivity index (χ2v) is 6.18. The van der Waals surface area contributed by atoms with Gasteiger partial charge in [-0.15, -0.1) is 0 Å². The Bertz CT molecular complexity index is 646. The van der Waals surface area contributed by atoms with Gasteiger partial charge in [-0.25, -0.2) is 0 Å². The molecule has 7 nitrogen and oxygen atoms in total. The van der Waals surface area contributed by atoms with E-state index in [9.17, 15) is 0 Å². The van der Waals surface area contributed by atoms with Crippen LogP contribution in [0.25, 0.3) is 0 Å². The number of rotatable bonds is 8. The van der Waals surface area contributed by atoms with Crippen molar-refractivity contribution in [2.24, 2.45) is 11.5 Å².